The van der Waals surface area contributed by atoms with E-state index in [1.54, 1.807) is 6.07 Å². The van der Waals surface area contributed by atoms with Gasteiger partial charge in [0.1, 0.15) is 5.01 Å². The van der Waals surface area contributed by atoms with Crippen molar-refractivity contribution in [2.24, 2.45) is 5.73 Å². The van der Waals surface area contributed by atoms with Crippen LogP contribution >= 0.6 is 11.3 Å². The molecule has 0 fully saturated rings. The third-order valence-electron chi connectivity index (χ3n) is 3.91. The van der Waals surface area contributed by atoms with E-state index in [0.29, 0.717) is 24.2 Å². The number of nitrogens with two attached hydrogens (primary N) is 1. The largest absolute Gasteiger partial charge is 0.416 e. The van der Waals surface area contributed by atoms with Gasteiger partial charge in [0.15, 0.2) is 0 Å². The van der Waals surface area contributed by atoms with Crippen LogP contribution in [0.5, 0.6) is 0 Å². The number of hydrogen-bond donors (Lipinski definition) is 1. The molecule has 0 saturated carbocycles. The highest BCUT2D eigenvalue weighted by molar-refractivity contribution is 7.09. The average molecular weight is 327 g/mol. The Morgan fingerprint density at radius 1 is 1.41 bits per heavy atom. The van der Waals surface area contributed by atoms with Gasteiger partial charge in [-0.3, -0.25) is 4.90 Å². The molecule has 3 nitrogen and oxygen atoms in total. The summed E-state index contributed by atoms with van der Waals surface area (Å²) in [5, 5.41) is 2.84. The summed E-state index contributed by atoms with van der Waals surface area (Å²) in [6, 6.07) is 4.15. The summed E-state index contributed by atoms with van der Waals surface area (Å²) in [6.07, 6.45) is -4.34. The van der Waals surface area contributed by atoms with E-state index < -0.39 is 11.7 Å². The first-order valence-electron chi connectivity index (χ1n) is 6.94. The van der Waals surface area contributed by atoms with Gasteiger partial charge in [0.25, 0.3) is 0 Å². The number of rotatable bonds is 3. The summed E-state index contributed by atoms with van der Waals surface area (Å²) in [5.74, 6) is 0. The van der Waals surface area contributed by atoms with Gasteiger partial charge in [0.05, 0.1) is 12.1 Å². The van der Waals surface area contributed by atoms with Crippen LogP contribution in [0.25, 0.3) is 0 Å². The number of aromatic nitrogens is 1. The summed E-state index contributed by atoms with van der Waals surface area (Å²) in [7, 11) is 0. The number of alkyl halides is 3. The summed E-state index contributed by atoms with van der Waals surface area (Å²) in [5.41, 5.74) is 7.22. The average Bonchev–Trinajstić information content (AvgIpc) is 3.00. The van der Waals surface area contributed by atoms with Gasteiger partial charge in [-0.25, -0.2) is 4.98 Å². The molecule has 7 heteroatoms. The van der Waals surface area contributed by atoms with Crippen LogP contribution < -0.4 is 5.73 Å². The zero-order chi connectivity index (χ0) is 15.9. The fourth-order valence-electron chi connectivity index (χ4n) is 2.96. The van der Waals surface area contributed by atoms with Crippen molar-refractivity contribution in [3.05, 3.63) is 51.0 Å². The minimum absolute atomic E-state index is 0.193. The maximum atomic E-state index is 13.2. The molecule has 0 amide bonds. The maximum absolute atomic E-state index is 13.2. The number of thiazole rings is 1. The Morgan fingerprint density at radius 2 is 2.18 bits per heavy atom. The third-order valence-corrected chi connectivity index (χ3v) is 4.86. The lowest BCUT2D eigenvalue weighted by molar-refractivity contribution is -0.138. The molecule has 1 aliphatic heterocycles. The van der Waals surface area contributed by atoms with Crippen molar-refractivity contribution in [1.29, 1.82) is 0 Å². The van der Waals surface area contributed by atoms with Gasteiger partial charge in [-0.05, 0) is 24.1 Å². The van der Waals surface area contributed by atoms with Crippen LogP contribution in [0.4, 0.5) is 13.2 Å². The van der Waals surface area contributed by atoms with Crippen molar-refractivity contribution in [2.45, 2.75) is 32.2 Å². The Hall–Kier alpha value is -1.44. The van der Waals surface area contributed by atoms with Crippen LogP contribution in [-0.2, 0) is 19.3 Å². The van der Waals surface area contributed by atoms with E-state index in [9.17, 15) is 13.2 Å². The molecule has 1 aromatic carbocycles. The van der Waals surface area contributed by atoms with E-state index in [4.69, 9.17) is 5.73 Å². The minimum atomic E-state index is -4.34. The Kier molecular flexibility index (Phi) is 3.96. The lowest BCUT2D eigenvalue weighted by atomic mass is 9.99. The molecule has 1 unspecified atom stereocenters. The zero-order valence-corrected chi connectivity index (χ0v) is 12.8. The molecule has 1 aromatic heterocycles. The second-order valence-corrected chi connectivity index (χ2v) is 6.35. The summed E-state index contributed by atoms with van der Waals surface area (Å²) in [6.45, 7) is 2.97. The van der Waals surface area contributed by atoms with Gasteiger partial charge >= 0.3 is 6.18 Å². The van der Waals surface area contributed by atoms with Crippen LogP contribution in [0, 0.1) is 6.92 Å². The van der Waals surface area contributed by atoms with E-state index in [2.05, 4.69) is 4.98 Å². The molecular weight excluding hydrogens is 311 g/mol. The number of nitrogens with zero attached hydrogens (tertiary/aromatic N) is 2. The second-order valence-electron chi connectivity index (χ2n) is 5.41. The van der Waals surface area contributed by atoms with Crippen molar-refractivity contribution in [3.8, 4) is 0 Å². The third kappa shape index (κ3) is 2.76. The summed E-state index contributed by atoms with van der Waals surface area (Å²) in [4.78, 5) is 6.36. The molecule has 0 aliphatic carbocycles. The number of hydrogen-bond acceptors (Lipinski definition) is 4. The normalized spacial score (nSPS) is 18.7. The predicted octanol–water partition coefficient (Wildman–Crippen LogP) is 3.49. The standard InChI is InChI=1S/C15H16F3N3S/c1-9-8-22-14(20-9)7-21-6-11-10(13(21)5-19)3-2-4-12(11)15(16,17)18/h2-4,8,13H,5-7,19H2,1H3. The van der Waals surface area contributed by atoms with Crippen LogP contribution in [0.2, 0.25) is 0 Å². The highest BCUT2D eigenvalue weighted by Crippen LogP contribution is 2.41. The highest BCUT2D eigenvalue weighted by Gasteiger charge is 2.39. The zero-order valence-electron chi connectivity index (χ0n) is 12.0. The molecule has 118 valence electrons. The Labute approximate surface area is 130 Å². The molecule has 0 saturated heterocycles. The van der Waals surface area contributed by atoms with Crippen LogP contribution in [0.3, 0.4) is 0 Å². The molecule has 0 bridgehead atoms. The first-order chi connectivity index (χ1) is 10.4. The van der Waals surface area contributed by atoms with Crippen molar-refractivity contribution < 1.29 is 13.2 Å². The van der Waals surface area contributed by atoms with Crippen molar-refractivity contribution in [2.75, 3.05) is 6.54 Å². The number of benzene rings is 1. The molecule has 1 atom stereocenters. The second kappa shape index (κ2) is 5.64. The van der Waals surface area contributed by atoms with E-state index in [-0.39, 0.29) is 12.6 Å². The van der Waals surface area contributed by atoms with Gasteiger partial charge < -0.3 is 5.73 Å². The summed E-state index contributed by atoms with van der Waals surface area (Å²) >= 11 is 1.52. The van der Waals surface area contributed by atoms with E-state index >= 15 is 0 Å². The van der Waals surface area contributed by atoms with Crippen molar-refractivity contribution in [3.63, 3.8) is 0 Å². The van der Waals surface area contributed by atoms with Gasteiger partial charge in [0, 0.05) is 30.2 Å². The van der Waals surface area contributed by atoms with Gasteiger partial charge in [-0.15, -0.1) is 11.3 Å². The Bertz CT molecular complexity index is 681. The molecular formula is C15H16F3N3S. The molecule has 22 heavy (non-hydrogen) atoms. The van der Waals surface area contributed by atoms with Crippen LogP contribution in [0.15, 0.2) is 23.6 Å². The first-order valence-corrected chi connectivity index (χ1v) is 7.82. The number of fused-ring (bicyclic) bond motifs is 1. The molecule has 1 aliphatic rings. The maximum Gasteiger partial charge on any atom is 0.416 e. The SMILES string of the molecule is Cc1csc(CN2Cc3c(cccc3C(F)(F)F)C2CN)n1. The van der Waals surface area contributed by atoms with Crippen LogP contribution in [-0.4, -0.2) is 16.4 Å². The first kappa shape index (κ1) is 15.5. The van der Waals surface area contributed by atoms with Gasteiger partial charge in [-0.2, -0.15) is 13.2 Å². The highest BCUT2D eigenvalue weighted by atomic mass is 32.1. The van der Waals surface area contributed by atoms with Crippen LogP contribution in [0.1, 0.15) is 33.4 Å². The quantitative estimate of drug-likeness (QED) is 0.938. The molecule has 0 radical (unpaired) electrons. The monoisotopic (exact) mass is 327 g/mol. The topological polar surface area (TPSA) is 42.1 Å². The van der Waals surface area contributed by atoms with E-state index in [1.165, 1.54) is 17.4 Å². The number of halogens is 3. The molecule has 0 spiro atoms. The molecule has 2 heterocycles. The lowest BCUT2D eigenvalue weighted by Crippen LogP contribution is -2.27. The summed E-state index contributed by atoms with van der Waals surface area (Å²) < 4.78 is 39.5. The Morgan fingerprint density at radius 3 is 2.77 bits per heavy atom. The molecule has 2 N–H and O–H groups in total. The van der Waals surface area contributed by atoms with Crippen molar-refractivity contribution in [1.82, 2.24) is 9.88 Å². The van der Waals surface area contributed by atoms with E-state index in [0.717, 1.165) is 16.8 Å². The lowest BCUT2D eigenvalue weighted by Gasteiger charge is -2.22. The Balaban J connectivity index is 1.93. The van der Waals surface area contributed by atoms with Gasteiger partial charge in [0.2, 0.25) is 0 Å². The molecule has 2 aromatic rings. The predicted molar refractivity (Wildman–Crippen MR) is 79.3 cm³/mol. The fraction of sp³-hybridized carbons (Fsp3) is 0.400. The minimum Gasteiger partial charge on any atom is -0.329 e. The van der Waals surface area contributed by atoms with Crippen molar-refractivity contribution >= 4 is 11.3 Å². The fourth-order valence-corrected chi connectivity index (χ4v) is 3.76. The smallest absolute Gasteiger partial charge is 0.329 e. The van der Waals surface area contributed by atoms with E-state index in [1.807, 2.05) is 17.2 Å². The van der Waals surface area contributed by atoms with Gasteiger partial charge in [-0.1, -0.05) is 12.1 Å². The number of aryl methyl sites for hydroxylation is 1. The molecule has 3 rings (SSSR count).